The van der Waals surface area contributed by atoms with Gasteiger partial charge in [0.1, 0.15) is 0 Å². The summed E-state index contributed by atoms with van der Waals surface area (Å²) in [5.41, 5.74) is 2.08. The molecule has 0 aliphatic rings. The number of aromatic hydroxyl groups is 1. The first-order chi connectivity index (χ1) is 18.4. The number of carbonyl (C=O) groups is 1. The zero-order chi connectivity index (χ0) is 27.6. The van der Waals surface area contributed by atoms with Gasteiger partial charge in [0.2, 0.25) is 11.5 Å². The first-order valence-corrected chi connectivity index (χ1v) is 11.4. The Morgan fingerprint density at radius 2 is 1.21 bits per heavy atom. The Labute approximate surface area is 219 Å². The van der Waals surface area contributed by atoms with Gasteiger partial charge in [-0.3, -0.25) is 4.79 Å². The molecule has 200 valence electrons. The standard InChI is InChI=1S/C28H29NO9/c1-32-18-9-8-14(10-17(18)30)24-23(22-16(29-24)13-21(35-4)27(37-6)28(22)38-7)25(31)15-11-19(33-2)26(36-5)20(12-15)34-3/h8-13,29-30H,1-7H3. The van der Waals surface area contributed by atoms with E-state index in [1.165, 1.54) is 55.8 Å². The van der Waals surface area contributed by atoms with Crippen LogP contribution in [-0.4, -0.2) is 65.6 Å². The number of ether oxygens (including phenoxy) is 7. The van der Waals surface area contributed by atoms with Gasteiger partial charge >= 0.3 is 0 Å². The highest BCUT2D eigenvalue weighted by Crippen LogP contribution is 2.48. The van der Waals surface area contributed by atoms with Crippen LogP contribution < -0.4 is 33.2 Å². The van der Waals surface area contributed by atoms with Crippen LogP contribution in [0.3, 0.4) is 0 Å². The molecule has 0 unspecified atom stereocenters. The van der Waals surface area contributed by atoms with Crippen LogP contribution in [0.1, 0.15) is 15.9 Å². The van der Waals surface area contributed by atoms with Crippen molar-refractivity contribution in [3.63, 3.8) is 0 Å². The molecule has 0 aliphatic carbocycles. The number of ketones is 1. The highest BCUT2D eigenvalue weighted by Gasteiger charge is 2.29. The molecule has 0 saturated heterocycles. The molecule has 10 nitrogen and oxygen atoms in total. The smallest absolute Gasteiger partial charge is 0.204 e. The van der Waals surface area contributed by atoms with Crippen molar-refractivity contribution in [2.45, 2.75) is 0 Å². The Hall–Kier alpha value is -4.73. The molecule has 3 aromatic carbocycles. The maximum Gasteiger partial charge on any atom is 0.204 e. The van der Waals surface area contributed by atoms with E-state index in [1.54, 1.807) is 30.3 Å². The Morgan fingerprint density at radius 1 is 0.658 bits per heavy atom. The molecule has 2 N–H and O–H groups in total. The lowest BCUT2D eigenvalue weighted by Gasteiger charge is -2.15. The molecule has 4 aromatic rings. The number of benzene rings is 3. The van der Waals surface area contributed by atoms with Crippen molar-refractivity contribution in [1.82, 2.24) is 4.98 Å². The Balaban J connectivity index is 2.10. The van der Waals surface area contributed by atoms with E-state index >= 15 is 0 Å². The number of phenols is 1. The van der Waals surface area contributed by atoms with Gasteiger partial charge in [-0.25, -0.2) is 0 Å². The number of aromatic amines is 1. The summed E-state index contributed by atoms with van der Waals surface area (Å²) in [6.07, 6.45) is 0. The predicted molar refractivity (Wildman–Crippen MR) is 141 cm³/mol. The summed E-state index contributed by atoms with van der Waals surface area (Å²) in [5.74, 6) is 1.88. The van der Waals surface area contributed by atoms with Gasteiger partial charge < -0.3 is 43.2 Å². The summed E-state index contributed by atoms with van der Waals surface area (Å²) < 4.78 is 38.4. The molecular formula is C28H29NO9. The minimum absolute atomic E-state index is 0.0861. The third-order valence-electron chi connectivity index (χ3n) is 6.21. The fraction of sp³-hybridized carbons (Fsp3) is 0.250. The number of nitrogens with one attached hydrogen (secondary N) is 1. The molecule has 1 heterocycles. The third kappa shape index (κ3) is 4.23. The van der Waals surface area contributed by atoms with Gasteiger partial charge in [-0.2, -0.15) is 0 Å². The normalized spacial score (nSPS) is 10.7. The molecule has 0 bridgehead atoms. The number of aromatic nitrogens is 1. The summed E-state index contributed by atoms with van der Waals surface area (Å²) in [4.78, 5) is 17.6. The molecule has 0 fully saturated rings. The second-order valence-corrected chi connectivity index (χ2v) is 8.07. The van der Waals surface area contributed by atoms with Crippen LogP contribution in [-0.2, 0) is 0 Å². The number of phenolic OH excluding ortho intramolecular Hbond substituents is 1. The maximum atomic E-state index is 14.3. The number of methoxy groups -OCH3 is 7. The molecular weight excluding hydrogens is 494 g/mol. The van der Waals surface area contributed by atoms with Crippen molar-refractivity contribution in [3.8, 4) is 57.3 Å². The molecule has 0 spiro atoms. The fourth-order valence-corrected chi connectivity index (χ4v) is 4.47. The van der Waals surface area contributed by atoms with Crippen molar-refractivity contribution in [3.05, 3.63) is 47.5 Å². The Bertz CT molecular complexity index is 1480. The highest BCUT2D eigenvalue weighted by molar-refractivity contribution is 6.22. The van der Waals surface area contributed by atoms with Crippen LogP contribution in [0.15, 0.2) is 36.4 Å². The topological polar surface area (TPSA) is 118 Å². The number of hydrogen-bond acceptors (Lipinski definition) is 9. The zero-order valence-electron chi connectivity index (χ0n) is 22.2. The van der Waals surface area contributed by atoms with Crippen LogP contribution in [0.5, 0.6) is 46.0 Å². The maximum absolute atomic E-state index is 14.3. The molecule has 0 aliphatic heterocycles. The van der Waals surface area contributed by atoms with E-state index in [2.05, 4.69) is 4.98 Å². The molecule has 0 atom stereocenters. The van der Waals surface area contributed by atoms with Crippen molar-refractivity contribution in [2.75, 3.05) is 49.8 Å². The molecule has 0 radical (unpaired) electrons. The average Bonchev–Trinajstić information content (AvgIpc) is 3.33. The molecule has 1 aromatic heterocycles. The van der Waals surface area contributed by atoms with Crippen molar-refractivity contribution >= 4 is 16.7 Å². The van der Waals surface area contributed by atoms with Gasteiger partial charge in [0, 0.05) is 17.2 Å². The first kappa shape index (κ1) is 26.3. The lowest BCUT2D eigenvalue weighted by molar-refractivity contribution is 0.104. The second kappa shape index (κ2) is 10.7. The lowest BCUT2D eigenvalue weighted by Crippen LogP contribution is -2.06. The molecule has 4 rings (SSSR count). The van der Waals surface area contributed by atoms with Crippen LogP contribution in [0, 0.1) is 0 Å². The zero-order valence-corrected chi connectivity index (χ0v) is 22.2. The minimum atomic E-state index is -0.369. The second-order valence-electron chi connectivity index (χ2n) is 8.07. The van der Waals surface area contributed by atoms with Crippen molar-refractivity contribution in [2.24, 2.45) is 0 Å². The van der Waals surface area contributed by atoms with Gasteiger partial charge in [0.25, 0.3) is 0 Å². The van der Waals surface area contributed by atoms with E-state index in [0.29, 0.717) is 62.4 Å². The van der Waals surface area contributed by atoms with Gasteiger partial charge in [-0.15, -0.1) is 0 Å². The van der Waals surface area contributed by atoms with Gasteiger partial charge in [0.15, 0.2) is 40.3 Å². The van der Waals surface area contributed by atoms with E-state index in [4.69, 9.17) is 33.2 Å². The highest BCUT2D eigenvalue weighted by atomic mass is 16.5. The van der Waals surface area contributed by atoms with Gasteiger partial charge in [-0.05, 0) is 30.3 Å². The SMILES string of the molecule is COc1ccc(-c2[nH]c3cc(OC)c(OC)c(OC)c3c2C(=O)c2cc(OC)c(OC)c(OC)c2)cc1O. The molecule has 0 saturated carbocycles. The monoisotopic (exact) mass is 523 g/mol. The number of rotatable bonds is 10. The number of hydrogen-bond donors (Lipinski definition) is 2. The third-order valence-corrected chi connectivity index (χ3v) is 6.21. The fourth-order valence-electron chi connectivity index (χ4n) is 4.47. The quantitative estimate of drug-likeness (QED) is 0.282. The molecule has 38 heavy (non-hydrogen) atoms. The summed E-state index contributed by atoms with van der Waals surface area (Å²) >= 11 is 0. The summed E-state index contributed by atoms with van der Waals surface area (Å²) in [5, 5.41) is 11.0. The number of fused-ring (bicyclic) bond motifs is 1. The Kier molecular flexibility index (Phi) is 7.43. The summed E-state index contributed by atoms with van der Waals surface area (Å²) in [6.45, 7) is 0. The molecule has 0 amide bonds. The van der Waals surface area contributed by atoms with Crippen LogP contribution in [0.4, 0.5) is 0 Å². The number of carbonyl (C=O) groups excluding carboxylic acids is 1. The minimum Gasteiger partial charge on any atom is -0.504 e. The van der Waals surface area contributed by atoms with E-state index < -0.39 is 0 Å². The predicted octanol–water partition coefficient (Wildman–Crippen LogP) is 4.83. The first-order valence-electron chi connectivity index (χ1n) is 11.4. The number of H-pyrrole nitrogens is 1. The van der Waals surface area contributed by atoms with Crippen LogP contribution >= 0.6 is 0 Å². The van der Waals surface area contributed by atoms with E-state index in [9.17, 15) is 9.90 Å². The van der Waals surface area contributed by atoms with Crippen LogP contribution in [0.25, 0.3) is 22.2 Å². The van der Waals surface area contributed by atoms with Gasteiger partial charge in [0.05, 0.1) is 71.9 Å². The summed E-state index contributed by atoms with van der Waals surface area (Å²) in [6, 6.07) is 9.72. The summed E-state index contributed by atoms with van der Waals surface area (Å²) in [7, 11) is 10.4. The average molecular weight is 524 g/mol. The largest absolute Gasteiger partial charge is 0.504 e. The Morgan fingerprint density at radius 3 is 1.71 bits per heavy atom. The van der Waals surface area contributed by atoms with E-state index in [0.717, 1.165) is 0 Å². The molecule has 10 heteroatoms. The lowest BCUT2D eigenvalue weighted by atomic mass is 9.95. The van der Waals surface area contributed by atoms with E-state index in [1.807, 2.05) is 0 Å². The van der Waals surface area contributed by atoms with Crippen molar-refractivity contribution < 1.29 is 43.1 Å². The van der Waals surface area contributed by atoms with Crippen LogP contribution in [0.2, 0.25) is 0 Å². The van der Waals surface area contributed by atoms with E-state index in [-0.39, 0.29) is 22.7 Å². The van der Waals surface area contributed by atoms with Crippen molar-refractivity contribution in [1.29, 1.82) is 0 Å². The van der Waals surface area contributed by atoms with Gasteiger partial charge in [-0.1, -0.05) is 0 Å².